The zero-order valence-corrected chi connectivity index (χ0v) is 45.9. The third-order valence-electron chi connectivity index (χ3n) is 15.0. The van der Waals surface area contributed by atoms with Crippen molar-refractivity contribution in [2.45, 2.75) is 224 Å². The summed E-state index contributed by atoms with van der Waals surface area (Å²) < 4.78 is 64.5. The van der Waals surface area contributed by atoms with Crippen LogP contribution < -0.4 is 21.3 Å². The number of carboxylic acid groups (broad SMARTS) is 1. The van der Waals surface area contributed by atoms with Crippen molar-refractivity contribution in [3.8, 4) is 0 Å². The van der Waals surface area contributed by atoms with Gasteiger partial charge in [0, 0.05) is 34.1 Å². The highest BCUT2D eigenvalue weighted by Gasteiger charge is 2.63. The molecule has 0 spiro atoms. The summed E-state index contributed by atoms with van der Waals surface area (Å²) in [5.74, 6) is -9.14. The van der Waals surface area contributed by atoms with Crippen LogP contribution in [0, 0.1) is 0 Å². The lowest BCUT2D eigenvalue weighted by molar-refractivity contribution is -0.395. The van der Waals surface area contributed by atoms with Gasteiger partial charge in [-0.1, -0.05) is 0 Å². The number of carbonyl (C=O) groups excluding carboxylic acids is 4. The number of hydrogen-bond acceptors (Lipinski definition) is 33. The minimum atomic E-state index is -3.38. The molecule has 22 N–H and O–H groups in total. The standard InChI is InChI=1S/C47H78N4O34/c1-12(58)48-23-16(62)5-47(46(73)74,84-38(23)27(64)17(63)6-52)85-39-26(51-15(4)61)43(78-22(11-57)36(39)81-42-24(49-13(2)59)31(68)28(65)18(7-53)76-42)83-40-30(67)20(9-55)77-45(34(40)71)80-35-21(10-56)79-44(33(70)32(35)69)82-37-25(50-14(3)60)41(72)75-19(8-54)29(37)66/h16-45,52-57,62-72H,5-11H2,1-4H3,(H,48,58)(H,49,59)(H,50,60)(H,51,61)(H,73,74)/t16-,17+,18+,19+,20+,21+,22+,23+,24+,25+,26+,27+,28-,29-,30-,31+,32+,33+,34+,35-,36-,37+,38+,39+,40-,41?,42-,43-,44-,45-,47-/m0/s1. The first kappa shape index (κ1) is 70.3. The molecule has 490 valence electrons. The van der Waals surface area contributed by atoms with Crippen molar-refractivity contribution in [1.29, 1.82) is 0 Å². The first-order chi connectivity index (χ1) is 40.0. The summed E-state index contributed by atoms with van der Waals surface area (Å²) in [6.07, 6.45) is -55.1. The molecule has 6 fully saturated rings. The van der Waals surface area contributed by atoms with Gasteiger partial charge in [0.05, 0.1) is 51.8 Å². The molecule has 4 amide bonds. The first-order valence-electron chi connectivity index (χ1n) is 26.7. The van der Waals surface area contributed by atoms with Crippen molar-refractivity contribution < 1.29 is 168 Å². The molecule has 0 aliphatic carbocycles. The highest BCUT2D eigenvalue weighted by Crippen LogP contribution is 2.41. The fourth-order valence-corrected chi connectivity index (χ4v) is 10.8. The quantitative estimate of drug-likeness (QED) is 0.0452. The van der Waals surface area contributed by atoms with Crippen molar-refractivity contribution in [3.05, 3.63) is 0 Å². The van der Waals surface area contributed by atoms with Gasteiger partial charge in [0.25, 0.3) is 5.79 Å². The van der Waals surface area contributed by atoms with Crippen LogP contribution in [0.25, 0.3) is 0 Å². The smallest absolute Gasteiger partial charge is 0.364 e. The maximum atomic E-state index is 13.7. The fraction of sp³-hybridized carbons (Fsp3) is 0.894. The Bertz CT molecular complexity index is 2210. The average molecular weight is 1240 g/mol. The molecule has 0 radical (unpaired) electrons. The van der Waals surface area contributed by atoms with Gasteiger partial charge in [0.2, 0.25) is 23.6 Å². The number of amides is 4. The lowest BCUT2D eigenvalue weighted by atomic mass is 9.87. The SMILES string of the molecule is CC(=O)N[C@H]1[C@H](O[C@@H]2[C@H](O[C@]3(C(=O)O)C[C@H](O)[C@@H](NC(C)=O)[C@H]([C@H](O)[C@H](O)CO)O3)[C@@H](NC(C)=O)[C@H](O[C@H]3[C@@H](O)[C@@H](CO)O[C@@H](O[C@@H]4[C@H](O)[C@@H](O)[C@H](O[C@H]5[C@@H](O)[C@@H](CO)OC(O)[C@@H]5NC(C)=O)O[C@@H]4CO)[C@@H]3O)O[C@@H]2CO)O[C@H](CO)[C@H](O)[C@@H]1O. The third-order valence-corrected chi connectivity index (χ3v) is 15.0. The van der Waals surface area contributed by atoms with E-state index in [0.29, 0.717) is 0 Å². The van der Waals surface area contributed by atoms with E-state index in [2.05, 4.69) is 21.3 Å². The Morgan fingerprint density at radius 1 is 0.459 bits per heavy atom. The number of carboxylic acids is 1. The van der Waals surface area contributed by atoms with Crippen LogP contribution in [0.4, 0.5) is 0 Å². The van der Waals surface area contributed by atoms with E-state index in [4.69, 9.17) is 52.1 Å². The van der Waals surface area contributed by atoms with E-state index < -0.39 is 265 Å². The second-order valence-corrected chi connectivity index (χ2v) is 21.1. The maximum absolute atomic E-state index is 13.7. The Balaban J connectivity index is 1.39. The third kappa shape index (κ3) is 15.6. The highest BCUT2D eigenvalue weighted by atomic mass is 16.8. The molecule has 38 heteroatoms. The van der Waals surface area contributed by atoms with Gasteiger partial charge in [-0.15, -0.1) is 0 Å². The van der Waals surface area contributed by atoms with Crippen molar-refractivity contribution in [2.24, 2.45) is 0 Å². The number of aliphatic hydroxyl groups excluding tert-OH is 17. The topological polar surface area (TPSA) is 599 Å². The van der Waals surface area contributed by atoms with Gasteiger partial charge in [-0.3, -0.25) is 19.2 Å². The van der Waals surface area contributed by atoms with E-state index in [0.717, 1.165) is 27.7 Å². The van der Waals surface area contributed by atoms with Crippen LogP contribution in [-0.4, -0.2) is 351 Å². The van der Waals surface area contributed by atoms with Crippen LogP contribution in [0.1, 0.15) is 34.1 Å². The summed E-state index contributed by atoms with van der Waals surface area (Å²) in [6, 6.07) is -7.35. The number of rotatable bonds is 23. The van der Waals surface area contributed by atoms with Crippen molar-refractivity contribution >= 4 is 29.6 Å². The minimum absolute atomic E-state index is 0.764. The molecule has 0 bridgehead atoms. The van der Waals surface area contributed by atoms with E-state index in [9.17, 15) is 116 Å². The number of carbonyl (C=O) groups is 5. The molecule has 0 aromatic rings. The van der Waals surface area contributed by atoms with E-state index in [1.54, 1.807) is 0 Å². The molecule has 85 heavy (non-hydrogen) atoms. The monoisotopic (exact) mass is 1240 g/mol. The summed E-state index contributed by atoms with van der Waals surface area (Å²) in [7, 11) is 0. The lowest BCUT2D eigenvalue weighted by Gasteiger charge is -2.53. The molecule has 6 aliphatic rings. The molecule has 6 aliphatic heterocycles. The summed E-state index contributed by atoms with van der Waals surface area (Å²) in [5, 5.41) is 206. The molecule has 6 heterocycles. The molecule has 31 atom stereocenters. The van der Waals surface area contributed by atoms with E-state index in [1.165, 1.54) is 0 Å². The Morgan fingerprint density at radius 2 is 0.882 bits per heavy atom. The molecule has 1 unspecified atom stereocenters. The Labute approximate surface area is 481 Å². The summed E-state index contributed by atoms with van der Waals surface area (Å²) in [4.78, 5) is 63.9. The predicted molar refractivity (Wildman–Crippen MR) is 263 cm³/mol. The molecule has 6 rings (SSSR count). The number of nitrogens with one attached hydrogen (secondary N) is 4. The van der Waals surface area contributed by atoms with Crippen LogP contribution in [0.3, 0.4) is 0 Å². The normalized spacial score (nSPS) is 45.0. The molecule has 0 saturated carbocycles. The second-order valence-electron chi connectivity index (χ2n) is 21.1. The van der Waals surface area contributed by atoms with Crippen LogP contribution in [-0.2, 0) is 76.1 Å². The summed E-state index contributed by atoms with van der Waals surface area (Å²) >= 11 is 0. The van der Waals surface area contributed by atoms with Gasteiger partial charge in [-0.05, 0) is 0 Å². The van der Waals surface area contributed by atoms with E-state index in [1.807, 2.05) is 0 Å². The van der Waals surface area contributed by atoms with Gasteiger partial charge in [-0.25, -0.2) is 4.79 Å². The molecule has 0 aromatic carbocycles. The average Bonchev–Trinajstić information content (AvgIpc) is 1.14. The van der Waals surface area contributed by atoms with E-state index in [-0.39, 0.29) is 0 Å². The van der Waals surface area contributed by atoms with Gasteiger partial charge >= 0.3 is 5.97 Å². The number of aliphatic carboxylic acids is 1. The fourth-order valence-electron chi connectivity index (χ4n) is 10.8. The zero-order valence-electron chi connectivity index (χ0n) is 45.9. The van der Waals surface area contributed by atoms with Crippen LogP contribution in [0.2, 0.25) is 0 Å². The summed E-state index contributed by atoms with van der Waals surface area (Å²) in [6.45, 7) is -2.80. The molecule has 38 nitrogen and oxygen atoms in total. The van der Waals surface area contributed by atoms with Gasteiger partial charge < -0.3 is 165 Å². The van der Waals surface area contributed by atoms with Crippen LogP contribution in [0.5, 0.6) is 0 Å². The maximum Gasteiger partial charge on any atom is 0.364 e. The molecular formula is C47H78N4O34. The highest BCUT2D eigenvalue weighted by molar-refractivity contribution is 5.77. The lowest BCUT2D eigenvalue weighted by Crippen LogP contribution is -2.73. The largest absolute Gasteiger partial charge is 0.477 e. The Morgan fingerprint density at radius 3 is 1.44 bits per heavy atom. The molecular weight excluding hydrogens is 1160 g/mol. The number of hydrogen-bond donors (Lipinski definition) is 22. The zero-order chi connectivity index (χ0) is 63.3. The molecule has 0 aromatic heterocycles. The van der Waals surface area contributed by atoms with Crippen molar-refractivity contribution in [2.75, 3.05) is 39.6 Å². The first-order valence-corrected chi connectivity index (χ1v) is 26.7. The van der Waals surface area contributed by atoms with Crippen LogP contribution in [0.15, 0.2) is 0 Å². The van der Waals surface area contributed by atoms with Crippen LogP contribution >= 0.6 is 0 Å². The number of aliphatic hydroxyl groups is 17. The van der Waals surface area contributed by atoms with Gasteiger partial charge in [-0.2, -0.15) is 0 Å². The van der Waals surface area contributed by atoms with Gasteiger partial charge in [0.1, 0.15) is 140 Å². The summed E-state index contributed by atoms with van der Waals surface area (Å²) in [5.41, 5.74) is 0. The Hall–Kier alpha value is -3.77. The van der Waals surface area contributed by atoms with E-state index >= 15 is 0 Å². The van der Waals surface area contributed by atoms with Crippen molar-refractivity contribution in [3.63, 3.8) is 0 Å². The Kier molecular flexibility index (Phi) is 24.9. The van der Waals surface area contributed by atoms with Crippen molar-refractivity contribution in [1.82, 2.24) is 21.3 Å². The second kappa shape index (κ2) is 30.2. The van der Waals surface area contributed by atoms with Gasteiger partial charge in [0.15, 0.2) is 31.5 Å². The predicted octanol–water partition coefficient (Wildman–Crippen LogP) is -14.3. The molecule has 6 saturated heterocycles. The number of ether oxygens (including phenoxy) is 11. The minimum Gasteiger partial charge on any atom is -0.477 e.